The van der Waals surface area contributed by atoms with Gasteiger partial charge in [-0.2, -0.15) is 0 Å². The fourth-order valence-electron chi connectivity index (χ4n) is 3.05. The van der Waals surface area contributed by atoms with E-state index in [1.54, 1.807) is 0 Å². The van der Waals surface area contributed by atoms with Crippen molar-refractivity contribution in [2.75, 3.05) is 19.8 Å². The van der Waals surface area contributed by atoms with E-state index in [9.17, 15) is 4.79 Å². The minimum absolute atomic E-state index is 0.0124. The van der Waals surface area contributed by atoms with Crippen molar-refractivity contribution < 1.29 is 14.3 Å². The first-order valence-corrected chi connectivity index (χ1v) is 8.32. The maximum Gasteiger partial charge on any atom is 0.258 e. The van der Waals surface area contributed by atoms with Crippen molar-refractivity contribution in [3.8, 4) is 5.75 Å². The summed E-state index contributed by atoms with van der Waals surface area (Å²) in [6, 6.07) is 17.8. The molecule has 126 valence electrons. The van der Waals surface area contributed by atoms with Gasteiger partial charge < -0.3 is 14.8 Å². The Balaban J connectivity index is 1.66. The highest BCUT2D eigenvalue weighted by atomic mass is 16.5. The third kappa shape index (κ3) is 3.95. The summed E-state index contributed by atoms with van der Waals surface area (Å²) in [5.74, 6) is 0.595. The molecular weight excluding hydrogens is 302 g/mol. The number of carbonyl (C=O) groups is 1. The van der Waals surface area contributed by atoms with Crippen LogP contribution in [0.5, 0.6) is 5.75 Å². The molecule has 0 aromatic heterocycles. The molecule has 1 amide bonds. The van der Waals surface area contributed by atoms with E-state index in [0.717, 1.165) is 24.0 Å². The SMILES string of the molecule is Cc1ccc(OCC(=O)NC2(c3ccccc3)CCOCC2)cc1. The second kappa shape index (κ2) is 7.49. The van der Waals surface area contributed by atoms with E-state index in [4.69, 9.17) is 9.47 Å². The molecule has 24 heavy (non-hydrogen) atoms. The molecule has 4 nitrogen and oxygen atoms in total. The van der Waals surface area contributed by atoms with Crippen LogP contribution in [0, 0.1) is 6.92 Å². The maximum absolute atomic E-state index is 12.5. The summed E-state index contributed by atoms with van der Waals surface area (Å²) in [6.45, 7) is 3.33. The zero-order valence-corrected chi connectivity index (χ0v) is 14.0. The summed E-state index contributed by atoms with van der Waals surface area (Å²) in [5.41, 5.74) is 1.92. The number of ether oxygens (including phenoxy) is 2. The summed E-state index contributed by atoms with van der Waals surface area (Å²) in [5, 5.41) is 3.19. The van der Waals surface area contributed by atoms with Gasteiger partial charge in [-0.05, 0) is 37.5 Å². The number of carbonyl (C=O) groups excluding carboxylic acids is 1. The fraction of sp³-hybridized carbons (Fsp3) is 0.350. The molecule has 0 spiro atoms. The molecule has 0 aliphatic carbocycles. The lowest BCUT2D eigenvalue weighted by atomic mass is 9.82. The van der Waals surface area contributed by atoms with Crippen molar-refractivity contribution in [3.63, 3.8) is 0 Å². The highest BCUT2D eigenvalue weighted by Crippen LogP contribution is 2.32. The number of aryl methyl sites for hydroxylation is 1. The Bertz CT molecular complexity index is 661. The van der Waals surface area contributed by atoms with Gasteiger partial charge in [-0.25, -0.2) is 0 Å². The van der Waals surface area contributed by atoms with Crippen molar-refractivity contribution in [2.24, 2.45) is 0 Å². The van der Waals surface area contributed by atoms with Crippen LogP contribution < -0.4 is 10.1 Å². The Morgan fingerprint density at radius 3 is 2.42 bits per heavy atom. The minimum Gasteiger partial charge on any atom is -0.484 e. The second-order valence-electron chi connectivity index (χ2n) is 6.21. The van der Waals surface area contributed by atoms with Crippen LogP contribution in [0.1, 0.15) is 24.0 Å². The van der Waals surface area contributed by atoms with Crippen LogP contribution in [-0.4, -0.2) is 25.7 Å². The average Bonchev–Trinajstić information content (AvgIpc) is 2.63. The molecule has 4 heteroatoms. The van der Waals surface area contributed by atoms with E-state index >= 15 is 0 Å². The largest absolute Gasteiger partial charge is 0.484 e. The summed E-state index contributed by atoms with van der Waals surface area (Å²) in [6.07, 6.45) is 1.54. The zero-order valence-electron chi connectivity index (χ0n) is 14.0. The van der Waals surface area contributed by atoms with Crippen molar-refractivity contribution in [2.45, 2.75) is 25.3 Å². The number of benzene rings is 2. The highest BCUT2D eigenvalue weighted by Gasteiger charge is 2.35. The van der Waals surface area contributed by atoms with Gasteiger partial charge >= 0.3 is 0 Å². The van der Waals surface area contributed by atoms with Crippen molar-refractivity contribution >= 4 is 5.91 Å². The van der Waals surface area contributed by atoms with Crippen molar-refractivity contribution in [1.29, 1.82) is 0 Å². The smallest absolute Gasteiger partial charge is 0.258 e. The van der Waals surface area contributed by atoms with Crippen LogP contribution in [0.2, 0.25) is 0 Å². The summed E-state index contributed by atoms with van der Waals surface area (Å²) in [7, 11) is 0. The Morgan fingerprint density at radius 1 is 1.08 bits per heavy atom. The highest BCUT2D eigenvalue weighted by molar-refractivity contribution is 5.78. The van der Waals surface area contributed by atoms with Crippen LogP contribution >= 0.6 is 0 Å². The molecule has 1 saturated heterocycles. The molecule has 1 heterocycles. The quantitative estimate of drug-likeness (QED) is 0.918. The van der Waals surface area contributed by atoms with E-state index in [0.29, 0.717) is 19.0 Å². The summed E-state index contributed by atoms with van der Waals surface area (Å²) < 4.78 is 11.1. The second-order valence-corrected chi connectivity index (χ2v) is 6.21. The molecule has 0 saturated carbocycles. The molecule has 1 fully saturated rings. The number of hydrogen-bond donors (Lipinski definition) is 1. The Morgan fingerprint density at radius 2 is 1.75 bits per heavy atom. The predicted molar refractivity (Wildman–Crippen MR) is 93.0 cm³/mol. The number of amides is 1. The van der Waals surface area contributed by atoms with Gasteiger partial charge in [0.05, 0.1) is 5.54 Å². The summed E-state index contributed by atoms with van der Waals surface area (Å²) in [4.78, 5) is 12.5. The van der Waals surface area contributed by atoms with Crippen LogP contribution in [0.4, 0.5) is 0 Å². The van der Waals surface area contributed by atoms with Gasteiger partial charge in [0, 0.05) is 13.2 Å². The van der Waals surface area contributed by atoms with Crippen molar-refractivity contribution in [1.82, 2.24) is 5.32 Å². The molecule has 0 radical (unpaired) electrons. The predicted octanol–water partition coefficient (Wildman–Crippen LogP) is 3.20. The Labute approximate surface area is 142 Å². The van der Waals surface area contributed by atoms with Gasteiger partial charge in [0.25, 0.3) is 5.91 Å². The van der Waals surface area contributed by atoms with Gasteiger partial charge in [0.2, 0.25) is 0 Å². The molecule has 0 bridgehead atoms. The standard InChI is InChI=1S/C20H23NO3/c1-16-7-9-18(10-8-16)24-15-19(22)21-20(11-13-23-14-12-20)17-5-3-2-4-6-17/h2-10H,11-15H2,1H3,(H,21,22). The Hall–Kier alpha value is -2.33. The van der Waals surface area contributed by atoms with Gasteiger partial charge in [0.1, 0.15) is 5.75 Å². The van der Waals surface area contributed by atoms with Crippen molar-refractivity contribution in [3.05, 3.63) is 65.7 Å². The molecule has 1 N–H and O–H groups in total. The van der Waals surface area contributed by atoms with E-state index in [1.807, 2.05) is 49.4 Å². The van der Waals surface area contributed by atoms with E-state index in [1.165, 1.54) is 0 Å². The first-order valence-electron chi connectivity index (χ1n) is 8.32. The minimum atomic E-state index is -0.368. The average molecular weight is 325 g/mol. The van der Waals surface area contributed by atoms with Gasteiger partial charge in [-0.15, -0.1) is 0 Å². The van der Waals surface area contributed by atoms with Crippen LogP contribution in [0.15, 0.2) is 54.6 Å². The lowest BCUT2D eigenvalue weighted by Gasteiger charge is -2.38. The van der Waals surface area contributed by atoms with Gasteiger partial charge in [0.15, 0.2) is 6.61 Å². The van der Waals surface area contributed by atoms with Crippen LogP contribution in [0.3, 0.4) is 0 Å². The van der Waals surface area contributed by atoms with Gasteiger partial charge in [-0.1, -0.05) is 48.0 Å². The molecule has 3 rings (SSSR count). The molecule has 0 atom stereocenters. The monoisotopic (exact) mass is 325 g/mol. The third-order valence-corrected chi connectivity index (χ3v) is 4.44. The zero-order chi connectivity index (χ0) is 16.8. The topological polar surface area (TPSA) is 47.6 Å². The maximum atomic E-state index is 12.5. The Kier molecular flexibility index (Phi) is 5.16. The molecular formula is C20H23NO3. The van der Waals surface area contributed by atoms with Crippen LogP contribution in [0.25, 0.3) is 0 Å². The first kappa shape index (κ1) is 16.5. The fourth-order valence-corrected chi connectivity index (χ4v) is 3.05. The number of nitrogens with one attached hydrogen (secondary N) is 1. The molecule has 2 aromatic carbocycles. The molecule has 0 unspecified atom stereocenters. The molecule has 1 aliphatic rings. The number of rotatable bonds is 5. The van der Waals surface area contributed by atoms with E-state index in [-0.39, 0.29) is 18.1 Å². The first-order chi connectivity index (χ1) is 11.7. The molecule has 2 aromatic rings. The van der Waals surface area contributed by atoms with Gasteiger partial charge in [-0.3, -0.25) is 4.79 Å². The normalized spacial score (nSPS) is 16.4. The third-order valence-electron chi connectivity index (χ3n) is 4.44. The number of hydrogen-bond acceptors (Lipinski definition) is 3. The summed E-state index contributed by atoms with van der Waals surface area (Å²) >= 11 is 0. The van der Waals surface area contributed by atoms with E-state index in [2.05, 4.69) is 17.4 Å². The van der Waals surface area contributed by atoms with Crippen LogP contribution in [-0.2, 0) is 15.1 Å². The lowest BCUT2D eigenvalue weighted by molar-refractivity contribution is -0.126. The molecule has 1 aliphatic heterocycles. The van der Waals surface area contributed by atoms with E-state index < -0.39 is 0 Å². The lowest BCUT2D eigenvalue weighted by Crippen LogP contribution is -2.50.